The molecule has 168 valence electrons. The van der Waals surface area contributed by atoms with E-state index in [1.54, 1.807) is 32.2 Å². The van der Waals surface area contributed by atoms with Gasteiger partial charge in [-0.05, 0) is 32.9 Å². The Morgan fingerprint density at radius 1 is 1.41 bits per heavy atom. The topological polar surface area (TPSA) is 107 Å². The van der Waals surface area contributed by atoms with Crippen molar-refractivity contribution in [2.75, 3.05) is 13.2 Å². The Labute approximate surface area is 187 Å². The fourth-order valence-electron chi connectivity index (χ4n) is 3.72. The fourth-order valence-corrected chi connectivity index (χ4v) is 4.47. The third-order valence-corrected chi connectivity index (χ3v) is 6.33. The summed E-state index contributed by atoms with van der Waals surface area (Å²) in [6.45, 7) is 4.53. The summed E-state index contributed by atoms with van der Waals surface area (Å²) < 4.78 is 27.5. The summed E-state index contributed by atoms with van der Waals surface area (Å²) in [4.78, 5) is 21.5. The number of halogens is 1. The number of thiophene rings is 1. The SMILES string of the molecule is CCOC(=O)c1ccc(C#Cc2cn([C@@H]3O[C@H](CO)[C@@H](O)[C@@]3(C)F)c3ncnc(C)c23)s1. The molecule has 1 saturated heterocycles. The van der Waals surface area contributed by atoms with Gasteiger partial charge in [-0.15, -0.1) is 11.3 Å². The Bertz CT molecular complexity index is 1230. The first-order chi connectivity index (χ1) is 15.3. The second kappa shape index (κ2) is 8.60. The van der Waals surface area contributed by atoms with Crippen molar-refractivity contribution in [3.8, 4) is 11.8 Å². The normalized spacial score (nSPS) is 25.0. The van der Waals surface area contributed by atoms with Gasteiger partial charge in [0.2, 0.25) is 0 Å². The summed E-state index contributed by atoms with van der Waals surface area (Å²) in [6, 6.07) is 3.38. The van der Waals surface area contributed by atoms with Crippen LogP contribution in [-0.4, -0.2) is 61.8 Å². The molecule has 1 aliphatic heterocycles. The summed E-state index contributed by atoms with van der Waals surface area (Å²) in [5.41, 5.74) is -0.565. The highest BCUT2D eigenvalue weighted by molar-refractivity contribution is 7.14. The minimum atomic E-state index is -2.16. The summed E-state index contributed by atoms with van der Waals surface area (Å²) >= 11 is 1.21. The molecule has 0 amide bonds. The van der Waals surface area contributed by atoms with Gasteiger partial charge < -0.3 is 24.3 Å². The van der Waals surface area contributed by atoms with Gasteiger partial charge in [0.15, 0.2) is 11.9 Å². The fraction of sp³-hybridized carbons (Fsp3) is 0.409. The van der Waals surface area contributed by atoms with Crippen molar-refractivity contribution in [1.29, 1.82) is 0 Å². The molecule has 0 bridgehead atoms. The molecular formula is C22H22FN3O5S. The van der Waals surface area contributed by atoms with Gasteiger partial charge in [-0.3, -0.25) is 0 Å². The molecule has 0 radical (unpaired) electrons. The molecule has 0 aromatic carbocycles. The van der Waals surface area contributed by atoms with E-state index in [0.29, 0.717) is 38.7 Å². The average Bonchev–Trinajstić information content (AvgIpc) is 3.43. The van der Waals surface area contributed by atoms with Crippen LogP contribution in [0.2, 0.25) is 0 Å². The largest absolute Gasteiger partial charge is 0.462 e. The Morgan fingerprint density at radius 2 is 2.19 bits per heavy atom. The van der Waals surface area contributed by atoms with E-state index < -0.39 is 36.7 Å². The van der Waals surface area contributed by atoms with Crippen LogP contribution in [0.15, 0.2) is 24.7 Å². The predicted molar refractivity (Wildman–Crippen MR) is 115 cm³/mol. The van der Waals surface area contributed by atoms with Gasteiger partial charge in [0.25, 0.3) is 0 Å². The molecule has 2 N–H and O–H groups in total. The highest BCUT2D eigenvalue weighted by Crippen LogP contribution is 2.43. The maximum Gasteiger partial charge on any atom is 0.348 e. The maximum atomic E-state index is 15.4. The number of aryl methyl sites for hydroxylation is 1. The second-order valence-corrected chi connectivity index (χ2v) is 8.63. The van der Waals surface area contributed by atoms with E-state index in [1.165, 1.54) is 29.2 Å². The van der Waals surface area contributed by atoms with E-state index >= 15 is 4.39 Å². The second-order valence-electron chi connectivity index (χ2n) is 7.55. The molecule has 3 aromatic heterocycles. The van der Waals surface area contributed by atoms with Crippen molar-refractivity contribution in [3.05, 3.63) is 45.7 Å². The van der Waals surface area contributed by atoms with Crippen LogP contribution in [0.25, 0.3) is 11.0 Å². The molecule has 1 aliphatic rings. The molecule has 10 heteroatoms. The maximum absolute atomic E-state index is 15.4. The summed E-state index contributed by atoms with van der Waals surface area (Å²) in [5, 5.41) is 20.3. The predicted octanol–water partition coefficient (Wildman–Crippen LogP) is 2.36. The lowest BCUT2D eigenvalue weighted by atomic mass is 9.98. The van der Waals surface area contributed by atoms with Gasteiger partial charge >= 0.3 is 5.97 Å². The van der Waals surface area contributed by atoms with Gasteiger partial charge in [0, 0.05) is 6.20 Å². The molecule has 0 saturated carbocycles. The zero-order chi connectivity index (χ0) is 23.0. The van der Waals surface area contributed by atoms with Gasteiger partial charge in [-0.2, -0.15) is 0 Å². The van der Waals surface area contributed by atoms with Crippen molar-refractivity contribution in [2.24, 2.45) is 0 Å². The van der Waals surface area contributed by atoms with Gasteiger partial charge in [0.05, 0.1) is 34.7 Å². The van der Waals surface area contributed by atoms with Crippen molar-refractivity contribution < 1.29 is 28.9 Å². The summed E-state index contributed by atoms with van der Waals surface area (Å²) in [6.07, 6.45) is -0.800. The molecule has 0 spiro atoms. The van der Waals surface area contributed by atoms with E-state index in [4.69, 9.17) is 9.47 Å². The Kier molecular flexibility index (Phi) is 6.01. The van der Waals surface area contributed by atoms with Crippen LogP contribution in [0.3, 0.4) is 0 Å². The highest BCUT2D eigenvalue weighted by atomic mass is 32.1. The zero-order valence-electron chi connectivity index (χ0n) is 17.7. The zero-order valence-corrected chi connectivity index (χ0v) is 18.5. The van der Waals surface area contributed by atoms with Crippen molar-refractivity contribution >= 4 is 28.3 Å². The molecule has 3 aromatic rings. The molecule has 0 unspecified atom stereocenters. The minimum Gasteiger partial charge on any atom is -0.462 e. The molecule has 4 atom stereocenters. The van der Waals surface area contributed by atoms with Crippen molar-refractivity contribution in [1.82, 2.24) is 14.5 Å². The number of aliphatic hydroxyl groups is 2. The number of hydrogen-bond donors (Lipinski definition) is 2. The summed E-state index contributed by atoms with van der Waals surface area (Å²) in [7, 11) is 0. The van der Waals surface area contributed by atoms with Crippen LogP contribution in [0.1, 0.15) is 45.9 Å². The standard InChI is InChI=1S/C22H22FN3O5S/c1-4-30-20(29)16-8-7-14(32-16)6-5-13-9-26(19-17(13)12(2)24-11-25-19)21-22(3,23)18(28)15(10-27)31-21/h7-9,11,15,18,21,27-28H,4,10H2,1-3H3/t15-,18-,21-,22-/m1/s1. The quantitative estimate of drug-likeness (QED) is 0.456. The van der Waals surface area contributed by atoms with Crippen molar-refractivity contribution in [2.45, 2.75) is 44.9 Å². The van der Waals surface area contributed by atoms with E-state index in [-0.39, 0.29) is 0 Å². The molecule has 1 fully saturated rings. The average molecular weight is 459 g/mol. The number of nitrogens with zero attached hydrogens (tertiary/aromatic N) is 3. The summed E-state index contributed by atoms with van der Waals surface area (Å²) in [5.74, 6) is 5.67. The monoisotopic (exact) mass is 459 g/mol. The minimum absolute atomic E-state index is 0.291. The third kappa shape index (κ3) is 3.78. The Morgan fingerprint density at radius 3 is 2.88 bits per heavy atom. The number of carbonyl (C=O) groups excluding carboxylic acids is 1. The Hall–Kier alpha value is -2.84. The van der Waals surface area contributed by atoms with Crippen LogP contribution in [0.4, 0.5) is 4.39 Å². The number of hydrogen-bond acceptors (Lipinski definition) is 8. The van der Waals surface area contributed by atoms with Gasteiger partial charge in [-0.1, -0.05) is 11.8 Å². The molecule has 4 heterocycles. The first-order valence-corrected chi connectivity index (χ1v) is 10.8. The van der Waals surface area contributed by atoms with Gasteiger partial charge in [0.1, 0.15) is 29.1 Å². The number of rotatable bonds is 4. The lowest BCUT2D eigenvalue weighted by molar-refractivity contribution is -0.0564. The number of fused-ring (bicyclic) bond motifs is 1. The Balaban J connectivity index is 1.76. The first-order valence-electron chi connectivity index (χ1n) is 10.0. The molecule has 32 heavy (non-hydrogen) atoms. The number of carbonyl (C=O) groups is 1. The van der Waals surface area contributed by atoms with Gasteiger partial charge in [-0.25, -0.2) is 19.2 Å². The lowest BCUT2D eigenvalue weighted by Gasteiger charge is -2.25. The van der Waals surface area contributed by atoms with Crippen LogP contribution in [0, 0.1) is 18.8 Å². The van der Waals surface area contributed by atoms with E-state index in [9.17, 15) is 15.0 Å². The van der Waals surface area contributed by atoms with E-state index in [2.05, 4.69) is 21.8 Å². The van der Waals surface area contributed by atoms with E-state index in [0.717, 1.165) is 0 Å². The number of aliphatic hydroxyl groups excluding tert-OH is 2. The molecule has 0 aliphatic carbocycles. The highest BCUT2D eigenvalue weighted by Gasteiger charge is 2.55. The van der Waals surface area contributed by atoms with Crippen LogP contribution < -0.4 is 0 Å². The first kappa shape index (κ1) is 22.4. The van der Waals surface area contributed by atoms with Crippen LogP contribution >= 0.6 is 11.3 Å². The molecule has 4 rings (SSSR count). The third-order valence-electron chi connectivity index (χ3n) is 5.35. The smallest absolute Gasteiger partial charge is 0.348 e. The number of esters is 1. The lowest BCUT2D eigenvalue weighted by Crippen LogP contribution is -2.40. The number of ether oxygens (including phenoxy) is 2. The van der Waals surface area contributed by atoms with E-state index in [1.807, 2.05) is 0 Å². The molecule has 8 nitrogen and oxygen atoms in total. The number of aromatic nitrogens is 3. The molecular weight excluding hydrogens is 437 g/mol. The van der Waals surface area contributed by atoms with Crippen LogP contribution in [0.5, 0.6) is 0 Å². The number of alkyl halides is 1. The van der Waals surface area contributed by atoms with Crippen LogP contribution in [-0.2, 0) is 9.47 Å². The van der Waals surface area contributed by atoms with Crippen molar-refractivity contribution in [3.63, 3.8) is 0 Å².